The first kappa shape index (κ1) is 14.7. The number of Topliss-reactive ketones (excluding diaryl/α,β-unsaturated/α-hetero) is 1. The fourth-order valence-corrected chi connectivity index (χ4v) is 6.32. The van der Waals surface area contributed by atoms with Crippen LogP contribution in [0.4, 0.5) is 0 Å². The smallest absolute Gasteiger partial charge is 0.181 e. The molecule has 3 heteroatoms. The Morgan fingerprint density at radius 1 is 1.12 bits per heavy atom. The van der Waals surface area contributed by atoms with Crippen molar-refractivity contribution in [1.82, 2.24) is 10.3 Å². The minimum Gasteiger partial charge on any atom is -0.360 e. The average Bonchev–Trinajstić information content (AvgIpc) is 2.96. The molecule has 4 bridgehead atoms. The van der Waals surface area contributed by atoms with Gasteiger partial charge >= 0.3 is 0 Å². The van der Waals surface area contributed by atoms with Crippen LogP contribution in [0.2, 0.25) is 0 Å². The van der Waals surface area contributed by atoms with E-state index >= 15 is 0 Å². The number of para-hydroxylation sites is 1. The van der Waals surface area contributed by atoms with Crippen LogP contribution in [-0.4, -0.2) is 22.3 Å². The molecule has 1 heterocycles. The van der Waals surface area contributed by atoms with Crippen molar-refractivity contribution in [3.05, 3.63) is 36.0 Å². The Bertz CT molecular complexity index is 755. The lowest BCUT2D eigenvalue weighted by molar-refractivity contribution is -0.0231. The van der Waals surface area contributed by atoms with E-state index in [-0.39, 0.29) is 17.4 Å². The van der Waals surface area contributed by atoms with Gasteiger partial charge in [0.05, 0.1) is 6.04 Å². The number of carbonyl (C=O) groups is 1. The maximum atomic E-state index is 13.1. The lowest BCUT2D eigenvalue weighted by atomic mass is 9.53. The van der Waals surface area contributed by atoms with E-state index in [1.165, 1.54) is 38.5 Å². The highest BCUT2D eigenvalue weighted by Gasteiger charge is 2.51. The molecule has 6 rings (SSSR count). The SMILES string of the molecule is C[C@H](NC12CC3CC(CC(C3)C1)C2)C(=O)c1c[nH]c2ccccc12. The number of nitrogens with one attached hydrogen (secondary N) is 2. The Labute approximate surface area is 143 Å². The summed E-state index contributed by atoms with van der Waals surface area (Å²) >= 11 is 0. The normalized spacial score (nSPS) is 35.5. The highest BCUT2D eigenvalue weighted by atomic mass is 16.1. The van der Waals surface area contributed by atoms with Crippen LogP contribution in [0.5, 0.6) is 0 Å². The summed E-state index contributed by atoms with van der Waals surface area (Å²) in [5.41, 5.74) is 2.11. The Kier molecular flexibility index (Phi) is 3.18. The topological polar surface area (TPSA) is 44.9 Å². The number of ketones is 1. The monoisotopic (exact) mass is 322 g/mol. The Morgan fingerprint density at radius 3 is 2.42 bits per heavy atom. The second-order valence-corrected chi connectivity index (χ2v) is 8.68. The van der Waals surface area contributed by atoms with Crippen molar-refractivity contribution in [3.8, 4) is 0 Å². The predicted molar refractivity (Wildman–Crippen MR) is 96.1 cm³/mol. The van der Waals surface area contributed by atoms with Crippen molar-refractivity contribution < 1.29 is 4.79 Å². The van der Waals surface area contributed by atoms with Gasteiger partial charge < -0.3 is 10.3 Å². The molecule has 126 valence electrons. The fourth-order valence-electron chi connectivity index (χ4n) is 6.32. The van der Waals surface area contributed by atoms with Crippen molar-refractivity contribution >= 4 is 16.7 Å². The number of carbonyl (C=O) groups excluding carboxylic acids is 1. The van der Waals surface area contributed by atoms with Crippen molar-refractivity contribution in [3.63, 3.8) is 0 Å². The third-order valence-electron chi connectivity index (χ3n) is 6.81. The van der Waals surface area contributed by atoms with E-state index in [1.807, 2.05) is 30.5 Å². The second-order valence-electron chi connectivity index (χ2n) is 8.68. The third-order valence-corrected chi connectivity index (χ3v) is 6.81. The number of hydrogen-bond donors (Lipinski definition) is 2. The van der Waals surface area contributed by atoms with Gasteiger partial charge in [-0.1, -0.05) is 18.2 Å². The van der Waals surface area contributed by atoms with Gasteiger partial charge in [-0.05, 0) is 69.3 Å². The highest BCUT2D eigenvalue weighted by Crippen LogP contribution is 2.55. The van der Waals surface area contributed by atoms with E-state index in [0.717, 1.165) is 34.2 Å². The molecular formula is C21H26N2O. The molecule has 1 aromatic carbocycles. The van der Waals surface area contributed by atoms with Gasteiger partial charge in [-0.25, -0.2) is 0 Å². The maximum absolute atomic E-state index is 13.1. The van der Waals surface area contributed by atoms with Crippen LogP contribution in [0, 0.1) is 17.8 Å². The second kappa shape index (κ2) is 5.19. The van der Waals surface area contributed by atoms with Crippen molar-refractivity contribution in [2.75, 3.05) is 0 Å². The van der Waals surface area contributed by atoms with Gasteiger partial charge in [-0.3, -0.25) is 4.79 Å². The van der Waals surface area contributed by atoms with Crippen LogP contribution in [0.15, 0.2) is 30.5 Å². The number of H-pyrrole nitrogens is 1. The first-order valence-electron chi connectivity index (χ1n) is 9.50. The minimum atomic E-state index is -0.111. The molecule has 2 aromatic rings. The predicted octanol–water partition coefficient (Wildman–Crippen LogP) is 4.30. The molecule has 0 spiro atoms. The number of benzene rings is 1. The number of aromatic nitrogens is 1. The van der Waals surface area contributed by atoms with Gasteiger partial charge in [-0.2, -0.15) is 0 Å². The van der Waals surface area contributed by atoms with Gasteiger partial charge in [0.15, 0.2) is 5.78 Å². The van der Waals surface area contributed by atoms with Gasteiger partial charge in [-0.15, -0.1) is 0 Å². The number of hydrogen-bond acceptors (Lipinski definition) is 2. The lowest BCUT2D eigenvalue weighted by Crippen LogP contribution is -2.61. The largest absolute Gasteiger partial charge is 0.360 e. The summed E-state index contributed by atoms with van der Waals surface area (Å²) in [6.07, 6.45) is 10.0. The molecule has 4 saturated carbocycles. The summed E-state index contributed by atoms with van der Waals surface area (Å²) in [4.78, 5) is 16.3. The van der Waals surface area contributed by atoms with E-state index in [4.69, 9.17) is 0 Å². The van der Waals surface area contributed by atoms with E-state index in [2.05, 4.69) is 17.2 Å². The maximum Gasteiger partial charge on any atom is 0.181 e. The zero-order chi connectivity index (χ0) is 16.3. The molecule has 0 saturated heterocycles. The molecule has 0 amide bonds. The Balaban J connectivity index is 1.39. The van der Waals surface area contributed by atoms with Gasteiger partial charge in [0, 0.05) is 28.2 Å². The molecule has 24 heavy (non-hydrogen) atoms. The summed E-state index contributed by atoms with van der Waals surface area (Å²) in [5, 5.41) is 4.86. The summed E-state index contributed by atoms with van der Waals surface area (Å²) in [6, 6.07) is 7.97. The Hall–Kier alpha value is -1.61. The molecule has 0 radical (unpaired) electrons. The zero-order valence-electron chi connectivity index (χ0n) is 14.3. The molecule has 0 aliphatic heterocycles. The van der Waals surface area contributed by atoms with E-state index in [9.17, 15) is 4.79 Å². The average molecular weight is 322 g/mol. The minimum absolute atomic E-state index is 0.111. The molecule has 3 nitrogen and oxygen atoms in total. The van der Waals surface area contributed by atoms with E-state index in [0.29, 0.717) is 0 Å². The molecule has 4 aliphatic rings. The van der Waals surface area contributed by atoms with Gasteiger partial charge in [0.2, 0.25) is 0 Å². The third kappa shape index (κ3) is 2.25. The standard InChI is InChI=1S/C21H26N2O/c1-13(20(24)18-12-22-19-5-3-2-4-17(18)19)23-21-9-14-6-15(10-21)8-16(7-14)11-21/h2-5,12-16,22-23H,6-11H2,1H3/t13-,14?,15?,16?,21?/m0/s1. The quantitative estimate of drug-likeness (QED) is 0.825. The summed E-state index contributed by atoms with van der Waals surface area (Å²) in [7, 11) is 0. The van der Waals surface area contributed by atoms with E-state index in [1.54, 1.807) is 0 Å². The molecule has 0 unspecified atom stereocenters. The molecule has 1 aromatic heterocycles. The van der Waals surface area contributed by atoms with E-state index < -0.39 is 0 Å². The van der Waals surface area contributed by atoms with Crippen LogP contribution in [0.1, 0.15) is 55.8 Å². The number of fused-ring (bicyclic) bond motifs is 1. The van der Waals surface area contributed by atoms with Crippen LogP contribution in [0.3, 0.4) is 0 Å². The summed E-state index contributed by atoms with van der Waals surface area (Å²) in [6.45, 7) is 2.06. The van der Waals surface area contributed by atoms with Crippen molar-refractivity contribution in [2.24, 2.45) is 17.8 Å². The van der Waals surface area contributed by atoms with Gasteiger partial charge in [0.25, 0.3) is 0 Å². The zero-order valence-corrected chi connectivity index (χ0v) is 14.3. The van der Waals surface area contributed by atoms with Crippen molar-refractivity contribution in [1.29, 1.82) is 0 Å². The van der Waals surface area contributed by atoms with Crippen LogP contribution in [-0.2, 0) is 0 Å². The van der Waals surface area contributed by atoms with Gasteiger partial charge in [0.1, 0.15) is 0 Å². The summed E-state index contributed by atoms with van der Waals surface area (Å²) in [5.74, 6) is 2.93. The number of aromatic amines is 1. The number of rotatable bonds is 4. The first-order valence-corrected chi connectivity index (χ1v) is 9.50. The molecule has 1 atom stereocenters. The molecular weight excluding hydrogens is 296 g/mol. The molecule has 4 fully saturated rings. The first-order chi connectivity index (χ1) is 11.6. The van der Waals surface area contributed by atoms with Crippen LogP contribution >= 0.6 is 0 Å². The fraction of sp³-hybridized carbons (Fsp3) is 0.571. The Morgan fingerprint density at radius 2 is 1.75 bits per heavy atom. The van der Waals surface area contributed by atoms with Crippen LogP contribution in [0.25, 0.3) is 10.9 Å². The highest BCUT2D eigenvalue weighted by molar-refractivity contribution is 6.10. The lowest BCUT2D eigenvalue weighted by Gasteiger charge is -2.57. The van der Waals surface area contributed by atoms with Crippen LogP contribution < -0.4 is 5.32 Å². The molecule has 2 N–H and O–H groups in total. The van der Waals surface area contributed by atoms with Crippen molar-refractivity contribution in [2.45, 2.75) is 57.0 Å². The summed E-state index contributed by atoms with van der Waals surface area (Å²) < 4.78 is 0. The molecule has 4 aliphatic carbocycles.